The van der Waals surface area contributed by atoms with Gasteiger partial charge in [-0.1, -0.05) is 33.6 Å². The lowest BCUT2D eigenvalue weighted by Crippen LogP contribution is -2.41. The molecule has 0 amide bonds. The smallest absolute Gasteiger partial charge is 0.0110 e. The fourth-order valence-corrected chi connectivity index (χ4v) is 1.86. The molecule has 0 aliphatic carbocycles. The molecule has 0 saturated carbocycles. The Morgan fingerprint density at radius 2 is 1.59 bits per heavy atom. The first-order chi connectivity index (χ1) is 7.99. The Labute approximate surface area is 109 Å². The summed E-state index contributed by atoms with van der Waals surface area (Å²) in [5.41, 5.74) is 0. The number of hydrogen-bond acceptors (Lipinski definition) is 2. The van der Waals surface area contributed by atoms with Crippen LogP contribution in [-0.4, -0.2) is 36.6 Å². The van der Waals surface area contributed by atoms with Crippen LogP contribution in [0.5, 0.6) is 0 Å². The van der Waals surface area contributed by atoms with Crippen molar-refractivity contribution in [1.29, 1.82) is 0 Å². The van der Waals surface area contributed by atoms with Crippen LogP contribution in [0.15, 0.2) is 0 Å². The predicted octanol–water partition coefficient (Wildman–Crippen LogP) is 3.52. The molecule has 1 atom stereocenters. The van der Waals surface area contributed by atoms with E-state index in [0.29, 0.717) is 12.1 Å². The molecule has 0 radical (unpaired) electrons. The van der Waals surface area contributed by atoms with Gasteiger partial charge in [-0.2, -0.15) is 0 Å². The van der Waals surface area contributed by atoms with E-state index in [4.69, 9.17) is 0 Å². The summed E-state index contributed by atoms with van der Waals surface area (Å²) in [7, 11) is 0. The summed E-state index contributed by atoms with van der Waals surface area (Å²) in [6.07, 6.45) is 4.02. The molecule has 0 bridgehead atoms. The molecule has 1 N–H and O–H groups in total. The molecule has 2 heteroatoms. The number of unbranched alkanes of at least 4 members (excludes halogenated alkanes) is 2. The minimum Gasteiger partial charge on any atom is -0.313 e. The molecule has 104 valence electrons. The fourth-order valence-electron chi connectivity index (χ4n) is 1.86. The summed E-state index contributed by atoms with van der Waals surface area (Å²) in [5.74, 6) is 0.725. The second-order valence-electron chi connectivity index (χ2n) is 5.82. The Hall–Kier alpha value is -0.0800. The van der Waals surface area contributed by atoms with Gasteiger partial charge in [0.15, 0.2) is 0 Å². The van der Waals surface area contributed by atoms with E-state index in [0.717, 1.165) is 12.5 Å². The molecule has 0 fully saturated rings. The highest BCUT2D eigenvalue weighted by Crippen LogP contribution is 2.03. The highest BCUT2D eigenvalue weighted by molar-refractivity contribution is 4.68. The van der Waals surface area contributed by atoms with E-state index in [2.05, 4.69) is 51.8 Å². The molecular weight excluding hydrogens is 208 g/mol. The van der Waals surface area contributed by atoms with Crippen molar-refractivity contribution in [2.45, 2.75) is 72.9 Å². The van der Waals surface area contributed by atoms with E-state index in [1.165, 1.54) is 32.4 Å². The van der Waals surface area contributed by atoms with Gasteiger partial charge in [-0.25, -0.2) is 0 Å². The van der Waals surface area contributed by atoms with Crippen molar-refractivity contribution in [2.75, 3.05) is 19.6 Å². The zero-order valence-corrected chi connectivity index (χ0v) is 12.9. The van der Waals surface area contributed by atoms with Gasteiger partial charge in [0.2, 0.25) is 0 Å². The minimum atomic E-state index is 0.625. The molecule has 2 nitrogen and oxygen atoms in total. The van der Waals surface area contributed by atoms with Gasteiger partial charge in [0.1, 0.15) is 0 Å². The second kappa shape index (κ2) is 9.90. The molecule has 17 heavy (non-hydrogen) atoms. The van der Waals surface area contributed by atoms with E-state index in [1.807, 2.05) is 0 Å². The van der Waals surface area contributed by atoms with Crippen LogP contribution in [0.2, 0.25) is 0 Å². The Morgan fingerprint density at radius 3 is 2.06 bits per heavy atom. The van der Waals surface area contributed by atoms with Crippen molar-refractivity contribution in [1.82, 2.24) is 10.2 Å². The maximum atomic E-state index is 3.62. The van der Waals surface area contributed by atoms with Gasteiger partial charge < -0.3 is 5.32 Å². The molecule has 0 aliphatic rings. The average molecular weight is 242 g/mol. The highest BCUT2D eigenvalue weighted by atomic mass is 15.2. The summed E-state index contributed by atoms with van der Waals surface area (Å²) in [4.78, 5) is 2.59. The van der Waals surface area contributed by atoms with E-state index >= 15 is 0 Å². The molecular formula is C15H34N2. The molecule has 0 aromatic heterocycles. The maximum absolute atomic E-state index is 3.62. The van der Waals surface area contributed by atoms with Crippen LogP contribution in [0, 0.1) is 5.92 Å². The lowest BCUT2D eigenvalue weighted by molar-refractivity contribution is 0.213. The number of hydrogen-bond donors (Lipinski definition) is 1. The van der Waals surface area contributed by atoms with Gasteiger partial charge in [-0.3, -0.25) is 4.90 Å². The predicted molar refractivity (Wildman–Crippen MR) is 78.5 cm³/mol. The van der Waals surface area contributed by atoms with Gasteiger partial charge in [-0.15, -0.1) is 0 Å². The third-order valence-corrected chi connectivity index (χ3v) is 3.64. The maximum Gasteiger partial charge on any atom is 0.0110 e. The quantitative estimate of drug-likeness (QED) is 0.590. The Morgan fingerprint density at radius 1 is 0.941 bits per heavy atom. The molecule has 0 spiro atoms. The largest absolute Gasteiger partial charge is 0.313 e. The zero-order chi connectivity index (χ0) is 13.3. The molecule has 0 rings (SSSR count). The van der Waals surface area contributed by atoms with Gasteiger partial charge in [0, 0.05) is 25.2 Å². The summed E-state index contributed by atoms with van der Waals surface area (Å²) < 4.78 is 0. The first kappa shape index (κ1) is 16.9. The molecule has 1 unspecified atom stereocenters. The van der Waals surface area contributed by atoms with Crippen LogP contribution in [0.3, 0.4) is 0 Å². The van der Waals surface area contributed by atoms with Gasteiger partial charge >= 0.3 is 0 Å². The van der Waals surface area contributed by atoms with E-state index in [1.54, 1.807) is 0 Å². The normalized spacial score (nSPS) is 13.9. The fraction of sp³-hybridized carbons (Fsp3) is 1.00. The Balaban J connectivity index is 3.77. The number of nitrogens with one attached hydrogen (secondary N) is 1. The van der Waals surface area contributed by atoms with Crippen LogP contribution >= 0.6 is 0 Å². The second-order valence-corrected chi connectivity index (χ2v) is 5.82. The van der Waals surface area contributed by atoms with Crippen molar-refractivity contribution in [2.24, 2.45) is 5.92 Å². The van der Waals surface area contributed by atoms with Crippen molar-refractivity contribution in [3.05, 3.63) is 0 Å². The Bertz CT molecular complexity index is 166. The third-order valence-electron chi connectivity index (χ3n) is 3.64. The van der Waals surface area contributed by atoms with Crippen molar-refractivity contribution in [3.8, 4) is 0 Å². The summed E-state index contributed by atoms with van der Waals surface area (Å²) in [6.45, 7) is 17.3. The van der Waals surface area contributed by atoms with Crippen LogP contribution in [-0.2, 0) is 0 Å². The average Bonchev–Trinajstić information content (AvgIpc) is 2.26. The van der Waals surface area contributed by atoms with Gasteiger partial charge in [0.25, 0.3) is 0 Å². The molecule has 0 aliphatic heterocycles. The number of rotatable bonds is 10. The third kappa shape index (κ3) is 8.62. The highest BCUT2D eigenvalue weighted by Gasteiger charge is 2.10. The SMILES string of the molecule is CCCCCN(CCNC(C)C(C)C)C(C)C. The van der Waals surface area contributed by atoms with Crippen LogP contribution in [0.25, 0.3) is 0 Å². The zero-order valence-electron chi connectivity index (χ0n) is 12.9. The van der Waals surface area contributed by atoms with Crippen molar-refractivity contribution < 1.29 is 0 Å². The summed E-state index contributed by atoms with van der Waals surface area (Å²) in [6, 6.07) is 1.29. The van der Waals surface area contributed by atoms with E-state index in [-0.39, 0.29) is 0 Å². The lowest BCUT2D eigenvalue weighted by Gasteiger charge is -2.28. The molecule has 0 aromatic rings. The molecule has 0 heterocycles. The lowest BCUT2D eigenvalue weighted by atomic mass is 10.1. The minimum absolute atomic E-state index is 0.625. The van der Waals surface area contributed by atoms with Crippen LogP contribution in [0.1, 0.15) is 60.8 Å². The van der Waals surface area contributed by atoms with Crippen molar-refractivity contribution >= 4 is 0 Å². The van der Waals surface area contributed by atoms with Gasteiger partial charge in [0.05, 0.1) is 0 Å². The summed E-state index contributed by atoms with van der Waals surface area (Å²) >= 11 is 0. The monoisotopic (exact) mass is 242 g/mol. The van der Waals surface area contributed by atoms with Crippen LogP contribution in [0.4, 0.5) is 0 Å². The standard InChI is InChI=1S/C15H34N2/c1-7-8-9-11-17(14(4)5)12-10-16-15(6)13(2)3/h13-16H,7-12H2,1-6H3. The summed E-state index contributed by atoms with van der Waals surface area (Å²) in [5, 5.41) is 3.62. The van der Waals surface area contributed by atoms with Crippen LogP contribution < -0.4 is 5.32 Å². The topological polar surface area (TPSA) is 15.3 Å². The van der Waals surface area contributed by atoms with E-state index < -0.39 is 0 Å². The number of nitrogens with zero attached hydrogens (tertiary/aromatic N) is 1. The van der Waals surface area contributed by atoms with Gasteiger partial charge in [-0.05, 0) is 39.7 Å². The van der Waals surface area contributed by atoms with Crippen molar-refractivity contribution in [3.63, 3.8) is 0 Å². The molecule has 0 saturated heterocycles. The Kier molecular flexibility index (Phi) is 9.85. The first-order valence-corrected chi connectivity index (χ1v) is 7.46. The molecule has 0 aromatic carbocycles. The van der Waals surface area contributed by atoms with E-state index in [9.17, 15) is 0 Å². The first-order valence-electron chi connectivity index (χ1n) is 7.46.